The largest absolute Gasteiger partial charge is 0.483 e. The van der Waals surface area contributed by atoms with Crippen LogP contribution in [0.15, 0.2) is 42.5 Å². The average molecular weight is 406 g/mol. The van der Waals surface area contributed by atoms with E-state index in [4.69, 9.17) is 28.6 Å². The van der Waals surface area contributed by atoms with Crippen molar-refractivity contribution in [2.24, 2.45) is 0 Å². The molecule has 0 aliphatic carbocycles. The zero-order chi connectivity index (χ0) is 19.8. The summed E-state index contributed by atoms with van der Waals surface area (Å²) in [5.41, 5.74) is 7.70. The van der Waals surface area contributed by atoms with Crippen LogP contribution < -0.4 is 20.9 Å². The lowest BCUT2D eigenvalue weighted by Crippen LogP contribution is -2.50. The van der Waals surface area contributed by atoms with Crippen LogP contribution in [0.4, 0.5) is 0 Å². The first-order chi connectivity index (χ1) is 12.8. The number of carbonyl (C=O) groups is 2. The number of carbonyl (C=O) groups excluding carboxylic acids is 2. The molecule has 0 saturated carbocycles. The van der Waals surface area contributed by atoms with Crippen molar-refractivity contribution in [2.75, 3.05) is 6.61 Å². The van der Waals surface area contributed by atoms with E-state index in [1.165, 1.54) is 0 Å². The van der Waals surface area contributed by atoms with Gasteiger partial charge in [0.25, 0.3) is 5.91 Å². The normalized spacial score (nSPS) is 10.0. The fraction of sp³-hybridized carbons (Fsp3) is 0.211. The van der Waals surface area contributed by atoms with Gasteiger partial charge in [-0.05, 0) is 55.4 Å². The van der Waals surface area contributed by atoms with Crippen LogP contribution in [0.3, 0.4) is 0 Å². The Balaban J connectivity index is 1.70. The molecule has 8 heteroatoms. The van der Waals surface area contributed by atoms with E-state index in [0.29, 0.717) is 10.8 Å². The smallest absolute Gasteiger partial charge is 0.276 e. The molecular formula is C19H20ClN3O3S. The maximum Gasteiger partial charge on any atom is 0.276 e. The molecule has 6 nitrogen and oxygen atoms in total. The summed E-state index contributed by atoms with van der Waals surface area (Å²) in [7, 11) is 0. The van der Waals surface area contributed by atoms with E-state index in [2.05, 4.69) is 16.2 Å². The van der Waals surface area contributed by atoms with Crippen molar-refractivity contribution in [3.8, 4) is 5.75 Å². The first kappa shape index (κ1) is 20.7. The summed E-state index contributed by atoms with van der Waals surface area (Å²) in [6.45, 7) is 3.71. The Hall–Kier alpha value is -2.64. The minimum absolute atomic E-state index is 0.00571. The minimum Gasteiger partial charge on any atom is -0.483 e. The molecule has 0 atom stereocenters. The number of aryl methyl sites for hydroxylation is 2. The van der Waals surface area contributed by atoms with Gasteiger partial charge >= 0.3 is 0 Å². The molecule has 2 amide bonds. The summed E-state index contributed by atoms with van der Waals surface area (Å²) in [4.78, 5) is 23.7. The standard InChI is InChI=1S/C19H20ClN3O3S/c1-12-3-8-16(13(2)9-12)26-11-18(25)22-23-19(27)21-17(24)10-14-4-6-15(20)7-5-14/h3-9H,10-11H2,1-2H3,(H,22,25)(H2,21,23,24,27). The molecule has 0 fully saturated rings. The second-order valence-corrected chi connectivity index (χ2v) is 6.76. The highest BCUT2D eigenvalue weighted by atomic mass is 35.5. The van der Waals surface area contributed by atoms with Crippen LogP contribution in [0.25, 0.3) is 0 Å². The minimum atomic E-state index is -0.427. The molecule has 0 unspecified atom stereocenters. The number of hydrogen-bond acceptors (Lipinski definition) is 4. The second kappa shape index (κ2) is 9.89. The molecule has 0 aromatic heterocycles. The Labute approximate surface area is 168 Å². The summed E-state index contributed by atoms with van der Waals surface area (Å²) in [5.74, 6) is -0.102. The molecule has 0 aliphatic heterocycles. The summed E-state index contributed by atoms with van der Waals surface area (Å²) in [6, 6.07) is 12.6. The fourth-order valence-electron chi connectivity index (χ4n) is 2.26. The van der Waals surface area contributed by atoms with Crippen molar-refractivity contribution < 1.29 is 14.3 Å². The van der Waals surface area contributed by atoms with Crippen LogP contribution in [0, 0.1) is 13.8 Å². The van der Waals surface area contributed by atoms with Gasteiger partial charge in [0, 0.05) is 5.02 Å². The summed E-state index contributed by atoms with van der Waals surface area (Å²) in [6.07, 6.45) is 0.142. The highest BCUT2D eigenvalue weighted by Gasteiger charge is 2.08. The van der Waals surface area contributed by atoms with Gasteiger partial charge < -0.3 is 10.1 Å². The lowest BCUT2D eigenvalue weighted by atomic mass is 10.1. The molecule has 0 heterocycles. The lowest BCUT2D eigenvalue weighted by Gasteiger charge is -2.12. The van der Waals surface area contributed by atoms with Gasteiger partial charge in [-0.3, -0.25) is 20.4 Å². The Morgan fingerprint density at radius 2 is 1.74 bits per heavy atom. The van der Waals surface area contributed by atoms with E-state index in [1.807, 2.05) is 32.0 Å². The van der Waals surface area contributed by atoms with E-state index in [-0.39, 0.29) is 24.0 Å². The fourth-order valence-corrected chi connectivity index (χ4v) is 2.55. The highest BCUT2D eigenvalue weighted by molar-refractivity contribution is 7.80. The number of benzene rings is 2. The molecular weight excluding hydrogens is 386 g/mol. The maximum absolute atomic E-state index is 11.9. The molecule has 2 aromatic rings. The van der Waals surface area contributed by atoms with Gasteiger partial charge in [0.05, 0.1) is 6.42 Å². The van der Waals surface area contributed by atoms with Crippen molar-refractivity contribution in [1.29, 1.82) is 0 Å². The molecule has 0 bridgehead atoms. The van der Waals surface area contributed by atoms with E-state index in [9.17, 15) is 9.59 Å². The number of nitrogens with one attached hydrogen (secondary N) is 3. The molecule has 142 valence electrons. The van der Waals surface area contributed by atoms with Crippen LogP contribution in [0.2, 0.25) is 5.02 Å². The molecule has 2 rings (SSSR count). The summed E-state index contributed by atoms with van der Waals surface area (Å²) >= 11 is 10.8. The Morgan fingerprint density at radius 1 is 1.04 bits per heavy atom. The van der Waals surface area contributed by atoms with Crippen LogP contribution >= 0.6 is 23.8 Å². The predicted octanol–water partition coefficient (Wildman–Crippen LogP) is 2.60. The second-order valence-electron chi connectivity index (χ2n) is 5.91. The van der Waals surface area contributed by atoms with Gasteiger partial charge in [-0.2, -0.15) is 0 Å². The number of rotatable bonds is 5. The Morgan fingerprint density at radius 3 is 2.41 bits per heavy atom. The zero-order valence-corrected chi connectivity index (χ0v) is 16.5. The number of thiocarbonyl (C=S) groups is 1. The lowest BCUT2D eigenvalue weighted by molar-refractivity contribution is -0.124. The van der Waals surface area contributed by atoms with Crippen molar-refractivity contribution in [2.45, 2.75) is 20.3 Å². The quantitative estimate of drug-likeness (QED) is 0.526. The molecule has 0 saturated heterocycles. The highest BCUT2D eigenvalue weighted by Crippen LogP contribution is 2.18. The van der Waals surface area contributed by atoms with E-state index in [0.717, 1.165) is 16.7 Å². The summed E-state index contributed by atoms with van der Waals surface area (Å²) in [5, 5.41) is 3.07. The monoisotopic (exact) mass is 405 g/mol. The number of hydrazine groups is 1. The van der Waals surface area contributed by atoms with Gasteiger partial charge in [0.2, 0.25) is 5.91 Å². The van der Waals surface area contributed by atoms with Crippen molar-refractivity contribution in [3.63, 3.8) is 0 Å². The third-order valence-corrected chi connectivity index (χ3v) is 3.99. The van der Waals surface area contributed by atoms with Gasteiger partial charge in [0.1, 0.15) is 5.75 Å². The molecule has 3 N–H and O–H groups in total. The third kappa shape index (κ3) is 7.24. The van der Waals surface area contributed by atoms with Crippen LogP contribution in [0.5, 0.6) is 5.75 Å². The summed E-state index contributed by atoms with van der Waals surface area (Å²) < 4.78 is 5.46. The van der Waals surface area contributed by atoms with Crippen molar-refractivity contribution >= 4 is 40.7 Å². The average Bonchev–Trinajstić information content (AvgIpc) is 2.61. The van der Waals surface area contributed by atoms with E-state index >= 15 is 0 Å². The van der Waals surface area contributed by atoms with Crippen LogP contribution in [-0.2, 0) is 16.0 Å². The molecule has 0 spiro atoms. The number of hydrogen-bond donors (Lipinski definition) is 3. The SMILES string of the molecule is Cc1ccc(OCC(=O)NNC(=S)NC(=O)Cc2ccc(Cl)cc2)c(C)c1. The topological polar surface area (TPSA) is 79.5 Å². The number of ether oxygens (including phenoxy) is 1. The van der Waals surface area contributed by atoms with E-state index < -0.39 is 5.91 Å². The third-order valence-electron chi connectivity index (χ3n) is 3.54. The van der Waals surface area contributed by atoms with Gasteiger partial charge in [-0.25, -0.2) is 0 Å². The van der Waals surface area contributed by atoms with Gasteiger partial charge in [-0.15, -0.1) is 0 Å². The van der Waals surface area contributed by atoms with Gasteiger partial charge in [0.15, 0.2) is 11.7 Å². The van der Waals surface area contributed by atoms with Gasteiger partial charge in [-0.1, -0.05) is 41.4 Å². The predicted molar refractivity (Wildman–Crippen MR) is 109 cm³/mol. The maximum atomic E-state index is 11.9. The Bertz CT molecular complexity index is 841. The van der Waals surface area contributed by atoms with Crippen molar-refractivity contribution in [1.82, 2.24) is 16.2 Å². The van der Waals surface area contributed by atoms with Crippen LogP contribution in [-0.4, -0.2) is 23.5 Å². The zero-order valence-electron chi connectivity index (χ0n) is 15.0. The van der Waals surface area contributed by atoms with Crippen molar-refractivity contribution in [3.05, 3.63) is 64.2 Å². The number of amides is 2. The number of halogens is 1. The first-order valence-corrected chi connectivity index (χ1v) is 8.95. The molecule has 2 aromatic carbocycles. The Kier molecular flexibility index (Phi) is 7.57. The first-order valence-electron chi connectivity index (χ1n) is 8.16. The molecule has 0 aliphatic rings. The van der Waals surface area contributed by atoms with E-state index in [1.54, 1.807) is 24.3 Å². The van der Waals surface area contributed by atoms with Crippen LogP contribution in [0.1, 0.15) is 16.7 Å². The molecule has 27 heavy (non-hydrogen) atoms. The molecule has 0 radical (unpaired) electrons.